The summed E-state index contributed by atoms with van der Waals surface area (Å²) in [4.78, 5) is 12.8. The Labute approximate surface area is 128 Å². The Kier molecular flexibility index (Phi) is 4.31. The normalized spacial score (nSPS) is 39.8. The number of halogens is 1. The summed E-state index contributed by atoms with van der Waals surface area (Å²) in [5.41, 5.74) is 0.00794. The molecule has 0 aromatic heterocycles. The van der Waals surface area contributed by atoms with Crippen molar-refractivity contribution in [1.82, 2.24) is 5.32 Å². The van der Waals surface area contributed by atoms with Gasteiger partial charge in [-0.1, -0.05) is 13.3 Å². The SMILES string of the molecule is CCC(CCCl)CNC(=O)C12CC3CC(CC(C3)C1)C2. The van der Waals surface area contributed by atoms with E-state index in [4.69, 9.17) is 11.6 Å². The highest BCUT2D eigenvalue weighted by molar-refractivity contribution is 6.17. The van der Waals surface area contributed by atoms with Gasteiger partial charge in [-0.05, 0) is 68.6 Å². The van der Waals surface area contributed by atoms with Gasteiger partial charge in [-0.25, -0.2) is 0 Å². The molecule has 1 amide bonds. The zero-order valence-corrected chi connectivity index (χ0v) is 13.4. The molecule has 4 aliphatic rings. The zero-order chi connectivity index (χ0) is 14.2. The van der Waals surface area contributed by atoms with Crippen molar-refractivity contribution < 1.29 is 4.79 Å². The summed E-state index contributed by atoms with van der Waals surface area (Å²) in [5, 5.41) is 3.28. The van der Waals surface area contributed by atoms with Crippen molar-refractivity contribution in [1.29, 1.82) is 0 Å². The predicted molar refractivity (Wildman–Crippen MR) is 82.7 cm³/mol. The average molecular weight is 298 g/mol. The maximum absolute atomic E-state index is 12.8. The fraction of sp³-hybridized carbons (Fsp3) is 0.941. The molecule has 4 aliphatic carbocycles. The van der Waals surface area contributed by atoms with Gasteiger partial charge in [0.05, 0.1) is 0 Å². The van der Waals surface area contributed by atoms with E-state index in [1.165, 1.54) is 19.3 Å². The standard InChI is InChI=1S/C17H28ClNO/c1-2-12(3-4-18)11-19-16(20)17-8-13-5-14(9-17)7-15(6-13)10-17/h12-15H,2-11H2,1H3,(H,19,20). The molecule has 1 N–H and O–H groups in total. The van der Waals surface area contributed by atoms with E-state index in [0.29, 0.717) is 17.7 Å². The van der Waals surface area contributed by atoms with E-state index in [9.17, 15) is 4.79 Å². The quantitative estimate of drug-likeness (QED) is 0.738. The summed E-state index contributed by atoms with van der Waals surface area (Å²) in [6.07, 6.45) is 9.81. The van der Waals surface area contributed by atoms with Crippen LogP contribution in [0.25, 0.3) is 0 Å². The molecule has 0 radical (unpaired) electrons. The maximum Gasteiger partial charge on any atom is 0.226 e. The lowest BCUT2D eigenvalue weighted by Crippen LogP contribution is -2.54. The molecule has 4 saturated carbocycles. The van der Waals surface area contributed by atoms with E-state index in [-0.39, 0.29) is 5.41 Å². The summed E-state index contributed by atoms with van der Waals surface area (Å²) < 4.78 is 0. The van der Waals surface area contributed by atoms with Crippen LogP contribution in [0, 0.1) is 29.1 Å². The van der Waals surface area contributed by atoms with Crippen molar-refractivity contribution in [3.8, 4) is 0 Å². The molecular formula is C17H28ClNO. The minimum Gasteiger partial charge on any atom is -0.355 e. The van der Waals surface area contributed by atoms with E-state index in [1.807, 2.05) is 0 Å². The largest absolute Gasteiger partial charge is 0.355 e. The molecular weight excluding hydrogens is 270 g/mol. The molecule has 1 unspecified atom stereocenters. The van der Waals surface area contributed by atoms with Crippen LogP contribution in [0.3, 0.4) is 0 Å². The lowest BCUT2D eigenvalue weighted by atomic mass is 9.49. The van der Waals surface area contributed by atoms with E-state index >= 15 is 0 Å². The van der Waals surface area contributed by atoms with Gasteiger partial charge in [-0.15, -0.1) is 11.6 Å². The number of alkyl halides is 1. The molecule has 20 heavy (non-hydrogen) atoms. The minimum absolute atomic E-state index is 0.00794. The van der Waals surface area contributed by atoms with E-state index in [2.05, 4.69) is 12.2 Å². The third kappa shape index (κ3) is 2.73. The van der Waals surface area contributed by atoms with E-state index in [0.717, 1.165) is 56.4 Å². The van der Waals surface area contributed by atoms with Crippen LogP contribution in [0.4, 0.5) is 0 Å². The summed E-state index contributed by atoms with van der Waals surface area (Å²) in [7, 11) is 0. The molecule has 1 atom stereocenters. The average Bonchev–Trinajstić information content (AvgIpc) is 2.41. The van der Waals surface area contributed by atoms with Crippen LogP contribution in [0.1, 0.15) is 58.3 Å². The van der Waals surface area contributed by atoms with Crippen LogP contribution in [0.2, 0.25) is 0 Å². The molecule has 114 valence electrons. The van der Waals surface area contributed by atoms with E-state index in [1.54, 1.807) is 0 Å². The molecule has 0 spiro atoms. The molecule has 0 aromatic rings. The summed E-state index contributed by atoms with van der Waals surface area (Å²) in [6, 6.07) is 0. The Morgan fingerprint density at radius 2 is 1.75 bits per heavy atom. The number of hydrogen-bond donors (Lipinski definition) is 1. The molecule has 3 heteroatoms. The van der Waals surface area contributed by atoms with Gasteiger partial charge in [0.2, 0.25) is 5.91 Å². The van der Waals surface area contributed by atoms with Crippen molar-refractivity contribution in [3.63, 3.8) is 0 Å². The fourth-order valence-electron chi connectivity index (χ4n) is 5.42. The van der Waals surface area contributed by atoms with Gasteiger partial charge in [-0.3, -0.25) is 4.79 Å². The second-order valence-electron chi connectivity index (χ2n) is 7.66. The first-order valence-electron chi connectivity index (χ1n) is 8.49. The van der Waals surface area contributed by atoms with Crippen LogP contribution in [-0.2, 0) is 4.79 Å². The Bertz CT molecular complexity index is 333. The van der Waals surface area contributed by atoms with Crippen molar-refractivity contribution in [3.05, 3.63) is 0 Å². The highest BCUT2D eigenvalue weighted by Crippen LogP contribution is 2.60. The van der Waals surface area contributed by atoms with Crippen molar-refractivity contribution in [2.75, 3.05) is 12.4 Å². The zero-order valence-electron chi connectivity index (χ0n) is 12.7. The van der Waals surface area contributed by atoms with Gasteiger partial charge < -0.3 is 5.32 Å². The fourth-order valence-corrected chi connectivity index (χ4v) is 5.73. The van der Waals surface area contributed by atoms with Gasteiger partial charge in [0.25, 0.3) is 0 Å². The second kappa shape index (κ2) is 5.87. The van der Waals surface area contributed by atoms with Crippen LogP contribution < -0.4 is 5.32 Å². The number of rotatable bonds is 6. The third-order valence-electron chi connectivity index (χ3n) is 6.17. The Morgan fingerprint density at radius 3 is 2.20 bits per heavy atom. The Balaban J connectivity index is 1.59. The third-order valence-corrected chi connectivity index (χ3v) is 6.38. The lowest BCUT2D eigenvalue weighted by molar-refractivity contribution is -0.146. The predicted octanol–water partition coefficient (Wildman–Crippen LogP) is 3.97. The van der Waals surface area contributed by atoms with Crippen LogP contribution in [0.5, 0.6) is 0 Å². The maximum atomic E-state index is 12.8. The number of amides is 1. The molecule has 0 aliphatic heterocycles. The monoisotopic (exact) mass is 297 g/mol. The Hall–Kier alpha value is -0.240. The van der Waals surface area contributed by atoms with Gasteiger partial charge in [0.15, 0.2) is 0 Å². The van der Waals surface area contributed by atoms with Crippen molar-refractivity contribution in [2.24, 2.45) is 29.1 Å². The summed E-state index contributed by atoms with van der Waals surface area (Å²) >= 11 is 5.83. The lowest BCUT2D eigenvalue weighted by Gasteiger charge is -2.55. The Morgan fingerprint density at radius 1 is 1.20 bits per heavy atom. The van der Waals surface area contributed by atoms with Crippen LogP contribution >= 0.6 is 11.6 Å². The molecule has 2 nitrogen and oxygen atoms in total. The number of carbonyl (C=O) groups is 1. The molecule has 4 fully saturated rings. The first kappa shape index (κ1) is 14.7. The smallest absolute Gasteiger partial charge is 0.226 e. The van der Waals surface area contributed by atoms with Crippen molar-refractivity contribution in [2.45, 2.75) is 58.3 Å². The highest BCUT2D eigenvalue weighted by Gasteiger charge is 2.54. The van der Waals surface area contributed by atoms with Crippen LogP contribution in [-0.4, -0.2) is 18.3 Å². The van der Waals surface area contributed by atoms with Gasteiger partial charge in [-0.2, -0.15) is 0 Å². The second-order valence-corrected chi connectivity index (χ2v) is 8.04. The first-order chi connectivity index (χ1) is 9.65. The van der Waals surface area contributed by atoms with Gasteiger partial charge in [0, 0.05) is 17.8 Å². The first-order valence-corrected chi connectivity index (χ1v) is 9.03. The van der Waals surface area contributed by atoms with E-state index < -0.39 is 0 Å². The number of nitrogens with one attached hydrogen (secondary N) is 1. The molecule has 4 rings (SSSR count). The summed E-state index contributed by atoms with van der Waals surface area (Å²) in [5.74, 6) is 4.14. The molecule has 0 heterocycles. The minimum atomic E-state index is 0.00794. The van der Waals surface area contributed by atoms with Gasteiger partial charge >= 0.3 is 0 Å². The number of carbonyl (C=O) groups excluding carboxylic acids is 1. The summed E-state index contributed by atoms with van der Waals surface area (Å²) in [6.45, 7) is 3.01. The van der Waals surface area contributed by atoms with Crippen molar-refractivity contribution >= 4 is 17.5 Å². The van der Waals surface area contributed by atoms with Gasteiger partial charge in [0.1, 0.15) is 0 Å². The highest BCUT2D eigenvalue weighted by atomic mass is 35.5. The molecule has 4 bridgehead atoms. The topological polar surface area (TPSA) is 29.1 Å². The molecule has 0 saturated heterocycles. The number of hydrogen-bond acceptors (Lipinski definition) is 1. The van der Waals surface area contributed by atoms with Crippen LogP contribution in [0.15, 0.2) is 0 Å². The molecule has 0 aromatic carbocycles.